The molecule has 0 heterocycles. The number of hydrogen-bond acceptors (Lipinski definition) is 6. The van der Waals surface area contributed by atoms with Crippen LogP contribution in [0.1, 0.15) is 0 Å². The lowest BCUT2D eigenvalue weighted by atomic mass is 10.3. The third-order valence-electron chi connectivity index (χ3n) is 2.58. The van der Waals surface area contributed by atoms with Crippen molar-refractivity contribution in [1.82, 2.24) is 0 Å². The lowest BCUT2D eigenvalue weighted by molar-refractivity contribution is -0.384. The van der Waals surface area contributed by atoms with E-state index in [4.69, 9.17) is 8.92 Å². The summed E-state index contributed by atoms with van der Waals surface area (Å²) in [5, 5.41) is 10.5. The lowest BCUT2D eigenvalue weighted by Crippen LogP contribution is -2.09. The quantitative estimate of drug-likeness (QED) is 0.478. The highest BCUT2D eigenvalue weighted by atomic mass is 32.2. The van der Waals surface area contributed by atoms with Gasteiger partial charge in [0, 0.05) is 18.2 Å². The molecule has 0 aliphatic heterocycles. The van der Waals surface area contributed by atoms with Gasteiger partial charge < -0.3 is 8.92 Å². The largest absolute Gasteiger partial charge is 0.497 e. The van der Waals surface area contributed by atoms with Crippen molar-refractivity contribution in [2.75, 3.05) is 7.11 Å². The Kier molecular flexibility index (Phi) is 4.08. The van der Waals surface area contributed by atoms with Gasteiger partial charge >= 0.3 is 10.1 Å². The van der Waals surface area contributed by atoms with Crippen LogP contribution < -0.4 is 8.92 Å². The smallest absolute Gasteiger partial charge is 0.339 e. The molecule has 2 aromatic carbocycles. The molecule has 110 valence electrons. The number of nitro benzene ring substituents is 1. The second-order valence-electron chi connectivity index (χ2n) is 3.97. The average Bonchev–Trinajstić information content (AvgIpc) is 2.47. The molecule has 0 saturated carbocycles. The molecule has 2 rings (SSSR count). The van der Waals surface area contributed by atoms with E-state index >= 15 is 0 Å². The van der Waals surface area contributed by atoms with Crippen LogP contribution in [0.3, 0.4) is 0 Å². The Morgan fingerprint density at radius 1 is 1.05 bits per heavy atom. The van der Waals surface area contributed by atoms with E-state index in [1.54, 1.807) is 12.1 Å². The van der Waals surface area contributed by atoms with Crippen LogP contribution in [0.2, 0.25) is 0 Å². The van der Waals surface area contributed by atoms with Gasteiger partial charge in [0.25, 0.3) is 5.69 Å². The van der Waals surface area contributed by atoms with Gasteiger partial charge in [-0.25, -0.2) is 0 Å². The highest BCUT2D eigenvalue weighted by Crippen LogP contribution is 2.24. The fourth-order valence-electron chi connectivity index (χ4n) is 1.56. The van der Waals surface area contributed by atoms with E-state index in [1.807, 2.05) is 0 Å². The summed E-state index contributed by atoms with van der Waals surface area (Å²) >= 11 is 0. The zero-order valence-electron chi connectivity index (χ0n) is 10.9. The number of hydrogen-bond donors (Lipinski definition) is 0. The predicted octanol–water partition coefficient (Wildman–Crippen LogP) is 2.37. The van der Waals surface area contributed by atoms with Gasteiger partial charge in [-0.1, -0.05) is 6.07 Å². The van der Waals surface area contributed by atoms with Crippen molar-refractivity contribution in [2.45, 2.75) is 4.90 Å². The van der Waals surface area contributed by atoms with Crippen LogP contribution in [-0.4, -0.2) is 20.5 Å². The number of rotatable bonds is 5. The Morgan fingerprint density at radius 2 is 1.67 bits per heavy atom. The molecular formula is C13H11NO6S. The van der Waals surface area contributed by atoms with Gasteiger partial charge in [-0.2, -0.15) is 8.42 Å². The second-order valence-corrected chi connectivity index (χ2v) is 5.51. The van der Waals surface area contributed by atoms with Gasteiger partial charge in [-0.3, -0.25) is 10.1 Å². The SMILES string of the molecule is COc1cccc(OS(=O)(=O)c2ccc([N+](=O)[O-])cc2)c1. The van der Waals surface area contributed by atoms with Crippen molar-refractivity contribution in [1.29, 1.82) is 0 Å². The maximum atomic E-state index is 12.0. The third kappa shape index (κ3) is 3.48. The van der Waals surface area contributed by atoms with Crippen molar-refractivity contribution in [2.24, 2.45) is 0 Å². The highest BCUT2D eigenvalue weighted by Gasteiger charge is 2.18. The molecule has 0 radical (unpaired) electrons. The van der Waals surface area contributed by atoms with Gasteiger partial charge in [0.15, 0.2) is 0 Å². The number of methoxy groups -OCH3 is 1. The van der Waals surface area contributed by atoms with Gasteiger partial charge in [-0.15, -0.1) is 0 Å². The minimum Gasteiger partial charge on any atom is -0.497 e. The van der Waals surface area contributed by atoms with E-state index in [-0.39, 0.29) is 16.3 Å². The topological polar surface area (TPSA) is 95.7 Å². The molecule has 0 aliphatic rings. The van der Waals surface area contributed by atoms with Crippen molar-refractivity contribution >= 4 is 15.8 Å². The van der Waals surface area contributed by atoms with Crippen molar-refractivity contribution in [3.05, 3.63) is 58.6 Å². The minimum atomic E-state index is -4.06. The number of nitrogens with zero attached hydrogens (tertiary/aromatic N) is 1. The maximum Gasteiger partial charge on any atom is 0.339 e. The fourth-order valence-corrected chi connectivity index (χ4v) is 2.49. The van der Waals surface area contributed by atoms with Crippen LogP contribution >= 0.6 is 0 Å². The molecular weight excluding hydrogens is 298 g/mol. The van der Waals surface area contributed by atoms with Gasteiger partial charge in [0.1, 0.15) is 16.4 Å². The number of benzene rings is 2. The normalized spacial score (nSPS) is 10.9. The first-order valence-corrected chi connectivity index (χ1v) is 7.16. The molecule has 0 saturated heterocycles. The average molecular weight is 309 g/mol. The zero-order valence-corrected chi connectivity index (χ0v) is 11.7. The standard InChI is InChI=1S/C13H11NO6S/c1-19-11-3-2-4-12(9-11)20-21(17,18)13-7-5-10(6-8-13)14(15)16/h2-9H,1H3. The van der Waals surface area contributed by atoms with E-state index in [9.17, 15) is 18.5 Å². The molecule has 2 aromatic rings. The van der Waals surface area contributed by atoms with Crippen LogP contribution in [0.15, 0.2) is 53.4 Å². The Balaban J connectivity index is 2.27. The molecule has 0 atom stereocenters. The summed E-state index contributed by atoms with van der Waals surface area (Å²) in [5.41, 5.74) is -0.199. The molecule has 0 aromatic heterocycles. The summed E-state index contributed by atoms with van der Waals surface area (Å²) in [7, 11) is -2.61. The first kappa shape index (κ1) is 14.8. The fraction of sp³-hybridized carbons (Fsp3) is 0.0769. The molecule has 0 amide bonds. The lowest BCUT2D eigenvalue weighted by Gasteiger charge is -2.08. The molecule has 0 spiro atoms. The zero-order chi connectivity index (χ0) is 15.5. The molecule has 0 N–H and O–H groups in total. The summed E-state index contributed by atoms with van der Waals surface area (Å²) in [6, 6.07) is 10.5. The van der Waals surface area contributed by atoms with Crippen LogP contribution in [-0.2, 0) is 10.1 Å². The summed E-state index contributed by atoms with van der Waals surface area (Å²) in [4.78, 5) is 9.75. The van der Waals surface area contributed by atoms with Crippen LogP contribution in [0.25, 0.3) is 0 Å². The Labute approximate surface area is 121 Å². The van der Waals surface area contributed by atoms with Crippen molar-refractivity contribution in [3.63, 3.8) is 0 Å². The summed E-state index contributed by atoms with van der Waals surface area (Å²) in [6.07, 6.45) is 0. The van der Waals surface area contributed by atoms with Gasteiger partial charge in [0.2, 0.25) is 0 Å². The van der Waals surface area contributed by atoms with E-state index in [2.05, 4.69) is 0 Å². The maximum absolute atomic E-state index is 12.0. The first-order chi connectivity index (χ1) is 9.92. The Morgan fingerprint density at radius 3 is 2.24 bits per heavy atom. The van der Waals surface area contributed by atoms with Crippen molar-refractivity contribution in [3.8, 4) is 11.5 Å². The Bertz CT molecular complexity index is 754. The van der Waals surface area contributed by atoms with Gasteiger partial charge in [0.05, 0.1) is 12.0 Å². The minimum absolute atomic E-state index is 0.0905. The molecule has 8 heteroatoms. The van der Waals surface area contributed by atoms with Gasteiger partial charge in [-0.05, 0) is 24.3 Å². The van der Waals surface area contributed by atoms with E-state index in [0.29, 0.717) is 5.75 Å². The summed E-state index contributed by atoms with van der Waals surface area (Å²) in [5.74, 6) is 0.541. The monoisotopic (exact) mass is 309 g/mol. The molecule has 0 unspecified atom stereocenters. The number of nitro groups is 1. The molecule has 0 fully saturated rings. The van der Waals surface area contributed by atoms with E-state index in [1.165, 1.54) is 19.2 Å². The molecule has 21 heavy (non-hydrogen) atoms. The second kappa shape index (κ2) is 5.80. The van der Waals surface area contributed by atoms with Crippen LogP contribution in [0.4, 0.5) is 5.69 Å². The molecule has 0 aliphatic carbocycles. The summed E-state index contributed by atoms with van der Waals surface area (Å²) in [6.45, 7) is 0. The Hall–Kier alpha value is -2.61. The van der Waals surface area contributed by atoms with Crippen LogP contribution in [0, 0.1) is 10.1 Å². The third-order valence-corrected chi connectivity index (χ3v) is 3.84. The highest BCUT2D eigenvalue weighted by molar-refractivity contribution is 7.87. The first-order valence-electron chi connectivity index (χ1n) is 5.75. The number of ether oxygens (including phenoxy) is 1. The van der Waals surface area contributed by atoms with Crippen molar-refractivity contribution < 1.29 is 22.3 Å². The van der Waals surface area contributed by atoms with E-state index in [0.717, 1.165) is 24.3 Å². The molecule has 0 bridgehead atoms. The molecule has 7 nitrogen and oxygen atoms in total. The predicted molar refractivity (Wildman–Crippen MR) is 73.9 cm³/mol. The van der Waals surface area contributed by atoms with E-state index < -0.39 is 15.0 Å². The number of non-ortho nitro benzene ring substituents is 1. The van der Waals surface area contributed by atoms with Crippen LogP contribution in [0.5, 0.6) is 11.5 Å². The summed E-state index contributed by atoms with van der Waals surface area (Å²) < 4.78 is 34.0.